The molecule has 4 aromatic heterocycles. The fourth-order valence-electron chi connectivity index (χ4n) is 4.97. The minimum atomic E-state index is 0.655. The molecular formula is C37H25N5. The van der Waals surface area contributed by atoms with E-state index in [-0.39, 0.29) is 0 Å². The monoisotopic (exact) mass is 539 g/mol. The second-order valence-electron chi connectivity index (χ2n) is 9.80. The van der Waals surface area contributed by atoms with Crippen molar-refractivity contribution >= 4 is 0 Å². The van der Waals surface area contributed by atoms with Crippen molar-refractivity contribution in [2.24, 2.45) is 0 Å². The van der Waals surface area contributed by atoms with Crippen LogP contribution in [0, 0.1) is 0 Å². The fraction of sp³-hybridized carbons (Fsp3) is 0. The first-order valence-electron chi connectivity index (χ1n) is 13.8. The first kappa shape index (κ1) is 25.2. The zero-order chi connectivity index (χ0) is 28.1. The van der Waals surface area contributed by atoms with Crippen LogP contribution in [0.4, 0.5) is 0 Å². The first-order valence-corrected chi connectivity index (χ1v) is 13.8. The van der Waals surface area contributed by atoms with E-state index in [1.54, 1.807) is 12.4 Å². The van der Waals surface area contributed by atoms with E-state index < -0.39 is 0 Å². The Morgan fingerprint density at radius 1 is 0.333 bits per heavy atom. The summed E-state index contributed by atoms with van der Waals surface area (Å²) in [7, 11) is 0. The molecule has 5 nitrogen and oxygen atoms in total. The summed E-state index contributed by atoms with van der Waals surface area (Å²) < 4.78 is 0. The minimum absolute atomic E-state index is 0.655. The molecular weight excluding hydrogens is 514 g/mol. The normalized spacial score (nSPS) is 10.9. The lowest BCUT2D eigenvalue weighted by molar-refractivity contribution is 1.17. The average Bonchev–Trinajstić information content (AvgIpc) is 3.09. The van der Waals surface area contributed by atoms with Gasteiger partial charge in [0, 0.05) is 29.1 Å². The van der Waals surface area contributed by atoms with Gasteiger partial charge in [-0.2, -0.15) is 0 Å². The van der Waals surface area contributed by atoms with Gasteiger partial charge in [-0.1, -0.05) is 97.1 Å². The number of hydrogen-bond donors (Lipinski definition) is 0. The molecule has 0 saturated heterocycles. The van der Waals surface area contributed by atoms with Gasteiger partial charge in [-0.25, -0.2) is 15.0 Å². The van der Waals surface area contributed by atoms with Crippen molar-refractivity contribution < 1.29 is 0 Å². The van der Waals surface area contributed by atoms with Gasteiger partial charge in [-0.05, 0) is 53.6 Å². The van der Waals surface area contributed by atoms with E-state index >= 15 is 0 Å². The molecule has 7 aromatic rings. The molecule has 42 heavy (non-hydrogen) atoms. The summed E-state index contributed by atoms with van der Waals surface area (Å²) in [5.74, 6) is 0.655. The van der Waals surface area contributed by atoms with Crippen LogP contribution in [0.2, 0.25) is 0 Å². The van der Waals surface area contributed by atoms with Crippen molar-refractivity contribution in [1.29, 1.82) is 0 Å². The van der Waals surface area contributed by atoms with E-state index in [0.717, 1.165) is 62.0 Å². The lowest BCUT2D eigenvalue weighted by Gasteiger charge is -2.14. The van der Waals surface area contributed by atoms with Gasteiger partial charge in [0.2, 0.25) is 0 Å². The smallest absolute Gasteiger partial charge is 0.160 e. The number of aromatic nitrogens is 5. The van der Waals surface area contributed by atoms with Crippen LogP contribution < -0.4 is 0 Å². The third-order valence-corrected chi connectivity index (χ3v) is 7.01. The minimum Gasteiger partial charge on any atom is -0.255 e. The maximum atomic E-state index is 5.08. The molecule has 0 saturated carbocycles. The highest BCUT2D eigenvalue weighted by atomic mass is 14.9. The third kappa shape index (κ3) is 5.19. The van der Waals surface area contributed by atoms with Gasteiger partial charge in [0.25, 0.3) is 0 Å². The number of nitrogens with zero attached hydrogens (tertiary/aromatic N) is 5. The maximum Gasteiger partial charge on any atom is 0.160 e. The van der Waals surface area contributed by atoms with Gasteiger partial charge in [0.15, 0.2) is 5.82 Å². The Bertz CT molecular complexity index is 1700. The van der Waals surface area contributed by atoms with E-state index in [1.807, 2.05) is 103 Å². The highest BCUT2D eigenvalue weighted by Crippen LogP contribution is 2.35. The van der Waals surface area contributed by atoms with Crippen LogP contribution in [0.1, 0.15) is 0 Å². The SMILES string of the molecule is c1ccc(-c2cc(-c3ccccn3)nc(-c3ncccc3-c3cc(-c4ccccc4)nc(-c4ccccc4)n3)c2)cc1. The van der Waals surface area contributed by atoms with E-state index in [1.165, 1.54) is 0 Å². The zero-order valence-corrected chi connectivity index (χ0v) is 22.7. The van der Waals surface area contributed by atoms with Gasteiger partial charge in [-0.15, -0.1) is 0 Å². The van der Waals surface area contributed by atoms with Crippen LogP contribution in [-0.4, -0.2) is 24.9 Å². The second-order valence-corrected chi connectivity index (χ2v) is 9.80. The summed E-state index contributed by atoms with van der Waals surface area (Å²) in [6, 6.07) is 46.6. The maximum absolute atomic E-state index is 5.08. The van der Waals surface area contributed by atoms with E-state index in [4.69, 9.17) is 19.9 Å². The van der Waals surface area contributed by atoms with E-state index in [9.17, 15) is 0 Å². The molecule has 0 aliphatic heterocycles. The summed E-state index contributed by atoms with van der Waals surface area (Å²) in [6.07, 6.45) is 3.59. The van der Waals surface area contributed by atoms with Crippen molar-refractivity contribution in [2.75, 3.05) is 0 Å². The molecule has 0 fully saturated rings. The molecule has 0 amide bonds. The molecule has 7 rings (SSSR count). The Balaban J connectivity index is 1.44. The molecule has 5 heteroatoms. The standard InChI is InChI=1S/C37H25N5/c1-4-13-26(14-5-1)29-23-34(31-20-10-11-21-38-31)40-35(24-29)36-30(19-12-22-39-36)33-25-32(27-15-6-2-7-16-27)41-37(42-33)28-17-8-3-9-18-28/h1-25H. The summed E-state index contributed by atoms with van der Waals surface area (Å²) >= 11 is 0. The summed E-state index contributed by atoms with van der Waals surface area (Å²) in [5.41, 5.74) is 9.65. The van der Waals surface area contributed by atoms with Gasteiger partial charge in [0.1, 0.15) is 0 Å². The van der Waals surface area contributed by atoms with Crippen LogP contribution in [0.15, 0.2) is 152 Å². The average molecular weight is 540 g/mol. The Kier molecular flexibility index (Phi) is 6.81. The van der Waals surface area contributed by atoms with Crippen LogP contribution in [0.25, 0.3) is 67.8 Å². The van der Waals surface area contributed by atoms with Gasteiger partial charge in [-0.3, -0.25) is 9.97 Å². The molecule has 4 heterocycles. The Morgan fingerprint density at radius 2 is 0.952 bits per heavy atom. The molecule has 0 bridgehead atoms. The number of pyridine rings is 3. The van der Waals surface area contributed by atoms with Gasteiger partial charge in [0.05, 0.1) is 34.2 Å². The number of hydrogen-bond acceptors (Lipinski definition) is 5. The van der Waals surface area contributed by atoms with Gasteiger partial charge >= 0.3 is 0 Å². The van der Waals surface area contributed by atoms with Gasteiger partial charge < -0.3 is 0 Å². The quantitative estimate of drug-likeness (QED) is 0.212. The van der Waals surface area contributed by atoms with Crippen molar-refractivity contribution in [3.63, 3.8) is 0 Å². The predicted octanol–water partition coefficient (Wildman–Crippen LogP) is 8.66. The highest BCUT2D eigenvalue weighted by Gasteiger charge is 2.17. The molecule has 0 unspecified atom stereocenters. The van der Waals surface area contributed by atoms with E-state index in [2.05, 4.69) is 41.4 Å². The molecule has 0 spiro atoms. The highest BCUT2D eigenvalue weighted by molar-refractivity contribution is 5.83. The molecule has 0 atom stereocenters. The van der Waals surface area contributed by atoms with Crippen LogP contribution in [-0.2, 0) is 0 Å². The van der Waals surface area contributed by atoms with Crippen LogP contribution in [0.5, 0.6) is 0 Å². The van der Waals surface area contributed by atoms with Crippen molar-refractivity contribution in [3.05, 3.63) is 152 Å². The number of benzene rings is 3. The van der Waals surface area contributed by atoms with Crippen molar-refractivity contribution in [1.82, 2.24) is 24.9 Å². The summed E-state index contributed by atoms with van der Waals surface area (Å²) in [4.78, 5) is 24.5. The zero-order valence-electron chi connectivity index (χ0n) is 22.7. The molecule has 0 aliphatic carbocycles. The Hall–Kier alpha value is -5.81. The Labute approximate surface area is 244 Å². The molecule has 0 N–H and O–H groups in total. The predicted molar refractivity (Wildman–Crippen MR) is 168 cm³/mol. The molecule has 0 radical (unpaired) electrons. The van der Waals surface area contributed by atoms with Crippen LogP contribution in [0.3, 0.4) is 0 Å². The molecule has 0 aliphatic rings. The fourth-order valence-corrected chi connectivity index (χ4v) is 4.97. The summed E-state index contributed by atoms with van der Waals surface area (Å²) in [6.45, 7) is 0. The van der Waals surface area contributed by atoms with Crippen molar-refractivity contribution in [2.45, 2.75) is 0 Å². The first-order chi connectivity index (χ1) is 20.8. The topological polar surface area (TPSA) is 64.5 Å². The second kappa shape index (κ2) is 11.4. The van der Waals surface area contributed by atoms with Crippen LogP contribution >= 0.6 is 0 Å². The van der Waals surface area contributed by atoms with Crippen molar-refractivity contribution in [3.8, 4) is 67.8 Å². The summed E-state index contributed by atoms with van der Waals surface area (Å²) in [5, 5.41) is 0. The molecule has 3 aromatic carbocycles. The third-order valence-electron chi connectivity index (χ3n) is 7.01. The van der Waals surface area contributed by atoms with E-state index in [0.29, 0.717) is 5.82 Å². The Morgan fingerprint density at radius 3 is 1.67 bits per heavy atom. The number of rotatable bonds is 6. The lowest BCUT2D eigenvalue weighted by atomic mass is 10.00. The largest absolute Gasteiger partial charge is 0.255 e. The lowest BCUT2D eigenvalue weighted by Crippen LogP contribution is -1.99. The molecule has 198 valence electrons.